The lowest BCUT2D eigenvalue weighted by Crippen LogP contribution is -2.44. The highest BCUT2D eigenvalue weighted by molar-refractivity contribution is 7.89. The highest BCUT2D eigenvalue weighted by Crippen LogP contribution is 2.28. The molecule has 1 unspecified atom stereocenters. The number of esters is 2. The summed E-state index contributed by atoms with van der Waals surface area (Å²) >= 11 is 0. The summed E-state index contributed by atoms with van der Waals surface area (Å²) in [6, 6.07) is -0.816. The van der Waals surface area contributed by atoms with Crippen LogP contribution in [0.5, 0.6) is 0 Å². The molecule has 0 radical (unpaired) electrons. The zero-order valence-corrected chi connectivity index (χ0v) is 19.9. The number of nitrogens with zero attached hydrogens (tertiary/aromatic N) is 2. The molecule has 11 nitrogen and oxygen atoms in total. The number of amides is 1. The summed E-state index contributed by atoms with van der Waals surface area (Å²) in [6.07, 6.45) is 0.923. The van der Waals surface area contributed by atoms with Gasteiger partial charge >= 0.3 is 11.9 Å². The molecule has 0 spiro atoms. The molecular formula is C20H31N3O8S. The zero-order chi connectivity index (χ0) is 24.1. The Labute approximate surface area is 187 Å². The fourth-order valence-corrected chi connectivity index (χ4v) is 5.38. The Morgan fingerprint density at radius 1 is 1.22 bits per heavy atom. The van der Waals surface area contributed by atoms with Gasteiger partial charge in [0.25, 0.3) is 5.91 Å². The zero-order valence-electron chi connectivity index (χ0n) is 19.0. The topological polar surface area (TPSA) is 145 Å². The van der Waals surface area contributed by atoms with Crippen LogP contribution in [0.2, 0.25) is 0 Å². The number of hydrogen-bond donors (Lipinski definition) is 1. The number of carbonyl (C=O) groups is 3. The number of sulfonamides is 1. The van der Waals surface area contributed by atoms with E-state index in [9.17, 15) is 22.8 Å². The lowest BCUT2D eigenvalue weighted by atomic mass is 9.98. The van der Waals surface area contributed by atoms with Gasteiger partial charge in [-0.05, 0) is 39.0 Å². The van der Waals surface area contributed by atoms with Crippen LogP contribution >= 0.6 is 0 Å². The molecular weight excluding hydrogens is 442 g/mol. The minimum absolute atomic E-state index is 0.0526. The normalized spacial score (nSPS) is 16.6. The van der Waals surface area contributed by atoms with Crippen LogP contribution in [0.25, 0.3) is 0 Å². The first-order valence-corrected chi connectivity index (χ1v) is 11.9. The summed E-state index contributed by atoms with van der Waals surface area (Å²) < 4.78 is 41.8. The third-order valence-electron chi connectivity index (χ3n) is 5.23. The quantitative estimate of drug-likeness (QED) is 0.518. The highest BCUT2D eigenvalue weighted by Gasteiger charge is 2.36. The van der Waals surface area contributed by atoms with E-state index in [1.165, 1.54) is 18.3 Å². The van der Waals surface area contributed by atoms with Crippen molar-refractivity contribution in [3.63, 3.8) is 0 Å². The minimum atomic E-state index is -3.77. The molecule has 1 atom stereocenters. The number of hydrogen-bond acceptors (Lipinski definition) is 9. The Hall–Kier alpha value is -2.47. The van der Waals surface area contributed by atoms with E-state index in [1.807, 2.05) is 13.8 Å². The van der Waals surface area contributed by atoms with E-state index in [2.05, 4.69) is 15.2 Å². The standard InChI is InChI=1S/C20H31N3O8S/c1-12(2)10-16(20(26)29-5)21-17(24)11-30-19(25)15-6-8-23(9-7-15)32(27,28)18-13(3)22-31-14(18)4/h12,15-16H,6-11H2,1-5H3,(H,21,24). The van der Waals surface area contributed by atoms with E-state index in [0.29, 0.717) is 6.42 Å². The van der Waals surface area contributed by atoms with Gasteiger partial charge in [0.2, 0.25) is 10.0 Å². The van der Waals surface area contributed by atoms with Gasteiger partial charge in [0, 0.05) is 13.1 Å². The van der Waals surface area contributed by atoms with Crippen molar-refractivity contribution >= 4 is 27.9 Å². The van der Waals surface area contributed by atoms with Crippen molar-refractivity contribution in [2.45, 2.75) is 57.9 Å². The largest absolute Gasteiger partial charge is 0.467 e. The molecule has 0 bridgehead atoms. The predicted molar refractivity (Wildman–Crippen MR) is 112 cm³/mol. The first kappa shape index (κ1) is 25.8. The lowest BCUT2D eigenvalue weighted by molar-refractivity contribution is -0.154. The average molecular weight is 474 g/mol. The van der Waals surface area contributed by atoms with E-state index in [4.69, 9.17) is 9.26 Å². The van der Waals surface area contributed by atoms with Crippen LogP contribution in [0.4, 0.5) is 0 Å². The van der Waals surface area contributed by atoms with E-state index >= 15 is 0 Å². The number of aryl methyl sites for hydroxylation is 2. The summed E-state index contributed by atoms with van der Waals surface area (Å²) in [5, 5.41) is 6.21. The molecule has 0 aliphatic carbocycles. The van der Waals surface area contributed by atoms with Crippen LogP contribution in [0.1, 0.15) is 44.6 Å². The second-order valence-electron chi connectivity index (χ2n) is 8.21. The van der Waals surface area contributed by atoms with Gasteiger partial charge in [-0.3, -0.25) is 9.59 Å². The third kappa shape index (κ3) is 6.28. The van der Waals surface area contributed by atoms with Crippen molar-refractivity contribution in [1.82, 2.24) is 14.8 Å². The second-order valence-corrected chi connectivity index (χ2v) is 10.1. The second kappa shape index (κ2) is 10.9. The van der Waals surface area contributed by atoms with Gasteiger partial charge in [0.15, 0.2) is 12.4 Å². The van der Waals surface area contributed by atoms with E-state index in [0.717, 1.165) is 0 Å². The summed E-state index contributed by atoms with van der Waals surface area (Å²) in [5.74, 6) is -1.90. The Morgan fingerprint density at radius 3 is 2.34 bits per heavy atom. The molecule has 2 heterocycles. The number of rotatable bonds is 9. The molecule has 12 heteroatoms. The first-order chi connectivity index (χ1) is 15.0. The summed E-state index contributed by atoms with van der Waals surface area (Å²) in [6.45, 7) is 6.65. The van der Waals surface area contributed by atoms with Gasteiger partial charge in [-0.1, -0.05) is 19.0 Å². The van der Waals surface area contributed by atoms with Gasteiger partial charge in [-0.2, -0.15) is 4.31 Å². The smallest absolute Gasteiger partial charge is 0.328 e. The maximum absolute atomic E-state index is 12.9. The van der Waals surface area contributed by atoms with Gasteiger partial charge in [0.1, 0.15) is 16.6 Å². The summed E-state index contributed by atoms with van der Waals surface area (Å²) in [7, 11) is -2.54. The van der Waals surface area contributed by atoms with E-state index in [-0.39, 0.29) is 48.2 Å². The molecule has 1 aromatic heterocycles. The molecule has 180 valence electrons. The molecule has 1 aromatic rings. The predicted octanol–water partition coefficient (Wildman–Crippen LogP) is 0.939. The minimum Gasteiger partial charge on any atom is -0.467 e. The van der Waals surface area contributed by atoms with Gasteiger partial charge < -0.3 is 19.3 Å². The highest BCUT2D eigenvalue weighted by atomic mass is 32.2. The number of piperidine rings is 1. The number of methoxy groups -OCH3 is 1. The summed E-state index contributed by atoms with van der Waals surface area (Å²) in [5.41, 5.74) is 0.290. The van der Waals surface area contributed by atoms with Crippen molar-refractivity contribution in [2.75, 3.05) is 26.8 Å². The van der Waals surface area contributed by atoms with Crippen LogP contribution in [0.3, 0.4) is 0 Å². The Bertz CT molecular complexity index is 913. The SMILES string of the molecule is COC(=O)C(CC(C)C)NC(=O)COC(=O)C1CCN(S(=O)(=O)c2c(C)noc2C)CC1. The van der Waals surface area contributed by atoms with Crippen LogP contribution < -0.4 is 5.32 Å². The molecule has 1 aliphatic rings. The van der Waals surface area contributed by atoms with Crippen molar-refractivity contribution in [3.05, 3.63) is 11.5 Å². The van der Waals surface area contributed by atoms with Crippen molar-refractivity contribution < 1.29 is 36.8 Å². The van der Waals surface area contributed by atoms with Gasteiger partial charge in [-0.25, -0.2) is 13.2 Å². The molecule has 0 saturated carbocycles. The van der Waals surface area contributed by atoms with E-state index in [1.54, 1.807) is 6.92 Å². The molecule has 1 fully saturated rings. The van der Waals surface area contributed by atoms with Crippen LogP contribution in [-0.2, 0) is 33.9 Å². The molecule has 1 aliphatic heterocycles. The average Bonchev–Trinajstić information content (AvgIpc) is 3.09. The van der Waals surface area contributed by atoms with Crippen molar-refractivity contribution in [1.29, 1.82) is 0 Å². The Morgan fingerprint density at radius 2 is 1.84 bits per heavy atom. The molecule has 1 N–H and O–H groups in total. The molecule has 1 saturated heterocycles. The Kier molecular flexibility index (Phi) is 8.79. The summed E-state index contributed by atoms with van der Waals surface area (Å²) in [4.78, 5) is 36.3. The van der Waals surface area contributed by atoms with E-state index < -0.39 is 46.4 Å². The van der Waals surface area contributed by atoms with Crippen LogP contribution in [0, 0.1) is 25.7 Å². The molecule has 2 rings (SSSR count). The van der Waals surface area contributed by atoms with Gasteiger partial charge in [0.05, 0.1) is 13.0 Å². The number of ether oxygens (including phenoxy) is 2. The van der Waals surface area contributed by atoms with Crippen LogP contribution in [0.15, 0.2) is 9.42 Å². The fraction of sp³-hybridized carbons (Fsp3) is 0.700. The number of nitrogens with one attached hydrogen (secondary N) is 1. The van der Waals surface area contributed by atoms with Crippen molar-refractivity contribution in [2.24, 2.45) is 11.8 Å². The fourth-order valence-electron chi connectivity index (χ4n) is 3.62. The maximum Gasteiger partial charge on any atom is 0.328 e. The lowest BCUT2D eigenvalue weighted by Gasteiger charge is -2.30. The van der Waals surface area contributed by atoms with Gasteiger partial charge in [-0.15, -0.1) is 0 Å². The third-order valence-corrected chi connectivity index (χ3v) is 7.37. The first-order valence-electron chi connectivity index (χ1n) is 10.4. The molecule has 32 heavy (non-hydrogen) atoms. The maximum atomic E-state index is 12.9. The van der Waals surface area contributed by atoms with Crippen molar-refractivity contribution in [3.8, 4) is 0 Å². The molecule has 0 aromatic carbocycles. The monoisotopic (exact) mass is 473 g/mol. The Balaban J connectivity index is 1.86. The number of carbonyl (C=O) groups excluding carboxylic acids is 3. The van der Waals surface area contributed by atoms with Crippen LogP contribution in [-0.4, -0.2) is 68.6 Å². The molecule has 1 amide bonds. The number of aromatic nitrogens is 1.